The van der Waals surface area contributed by atoms with Crippen molar-refractivity contribution >= 4 is 11.7 Å². The summed E-state index contributed by atoms with van der Waals surface area (Å²) in [5.74, 6) is 1.94. The van der Waals surface area contributed by atoms with E-state index < -0.39 is 0 Å². The van der Waals surface area contributed by atoms with Gasteiger partial charge in [0.2, 0.25) is 11.7 Å². The second-order valence-electron chi connectivity index (χ2n) is 9.32. The number of carbonyl (C=O) groups is 1. The summed E-state index contributed by atoms with van der Waals surface area (Å²) in [5.41, 5.74) is 1.29. The van der Waals surface area contributed by atoms with E-state index in [1.807, 2.05) is 12.1 Å². The predicted octanol–water partition coefficient (Wildman–Crippen LogP) is 4.85. The smallest absolute Gasteiger partial charge is 0.261 e. The molecule has 1 aromatic carbocycles. The number of anilines is 1. The number of rotatable bonds is 6. The summed E-state index contributed by atoms with van der Waals surface area (Å²) in [6, 6.07) is 9.84. The highest BCUT2D eigenvalue weighted by Crippen LogP contribution is 2.32. The first-order chi connectivity index (χ1) is 16.7. The van der Waals surface area contributed by atoms with Crippen molar-refractivity contribution in [1.82, 2.24) is 20.4 Å². The molecule has 1 saturated heterocycles. The molecule has 34 heavy (non-hydrogen) atoms. The zero-order valence-corrected chi connectivity index (χ0v) is 19.3. The predicted molar refractivity (Wildman–Crippen MR) is 127 cm³/mol. The maximum Gasteiger partial charge on any atom is 0.261 e. The SMILES string of the molecule is O=C(NCC1CCCCC1)C1CCN(c2ncccc2-c2nc(-c3cccc(F)c3)no2)CC1. The molecule has 3 aromatic rings. The van der Waals surface area contributed by atoms with Crippen molar-refractivity contribution in [3.8, 4) is 22.8 Å². The molecule has 1 aliphatic carbocycles. The molecule has 0 atom stereocenters. The minimum Gasteiger partial charge on any atom is -0.356 e. The van der Waals surface area contributed by atoms with Crippen molar-refractivity contribution in [2.75, 3.05) is 24.5 Å². The molecule has 8 heteroatoms. The van der Waals surface area contributed by atoms with Crippen molar-refractivity contribution in [3.63, 3.8) is 0 Å². The summed E-state index contributed by atoms with van der Waals surface area (Å²) >= 11 is 0. The van der Waals surface area contributed by atoms with Crippen LogP contribution in [0.3, 0.4) is 0 Å². The fraction of sp³-hybridized carbons (Fsp3) is 0.462. The average Bonchev–Trinajstić information content (AvgIpc) is 3.38. The Morgan fingerprint density at radius 3 is 2.71 bits per heavy atom. The van der Waals surface area contributed by atoms with Crippen molar-refractivity contribution in [2.24, 2.45) is 11.8 Å². The Kier molecular flexibility index (Phi) is 6.83. The summed E-state index contributed by atoms with van der Waals surface area (Å²) < 4.78 is 19.1. The first-order valence-electron chi connectivity index (χ1n) is 12.2. The van der Waals surface area contributed by atoms with Gasteiger partial charge in [-0.05, 0) is 55.9 Å². The number of nitrogens with one attached hydrogen (secondary N) is 1. The van der Waals surface area contributed by atoms with Gasteiger partial charge in [0.15, 0.2) is 0 Å². The lowest BCUT2D eigenvalue weighted by molar-refractivity contribution is -0.125. The molecular formula is C26H30FN5O2. The summed E-state index contributed by atoms with van der Waals surface area (Å²) in [4.78, 5) is 24.0. The standard InChI is InChI=1S/C26H30FN5O2/c27-21-9-4-8-20(16-21)23-30-26(34-31-23)22-10-5-13-28-24(22)32-14-11-19(12-15-32)25(33)29-17-18-6-2-1-3-7-18/h4-5,8-10,13,16,18-19H,1-3,6-7,11-12,14-15,17H2,(H,29,33). The Balaban J connectivity index is 1.23. The quantitative estimate of drug-likeness (QED) is 0.563. The van der Waals surface area contributed by atoms with E-state index in [-0.39, 0.29) is 17.6 Å². The summed E-state index contributed by atoms with van der Waals surface area (Å²) in [6.07, 6.45) is 9.68. The van der Waals surface area contributed by atoms with E-state index in [9.17, 15) is 9.18 Å². The molecule has 1 saturated carbocycles. The van der Waals surface area contributed by atoms with Crippen LogP contribution in [0.5, 0.6) is 0 Å². The minimum atomic E-state index is -0.350. The summed E-state index contributed by atoms with van der Waals surface area (Å²) in [5, 5.41) is 7.24. The second kappa shape index (κ2) is 10.3. The van der Waals surface area contributed by atoms with Crippen LogP contribution in [0.25, 0.3) is 22.8 Å². The van der Waals surface area contributed by atoms with Crippen LogP contribution in [0.1, 0.15) is 44.9 Å². The monoisotopic (exact) mass is 463 g/mol. The highest BCUT2D eigenvalue weighted by molar-refractivity contribution is 5.79. The largest absolute Gasteiger partial charge is 0.356 e. The van der Waals surface area contributed by atoms with Crippen LogP contribution >= 0.6 is 0 Å². The number of nitrogens with zero attached hydrogens (tertiary/aromatic N) is 4. The fourth-order valence-corrected chi connectivity index (χ4v) is 5.03. The lowest BCUT2D eigenvalue weighted by Gasteiger charge is -2.33. The zero-order chi connectivity index (χ0) is 23.3. The van der Waals surface area contributed by atoms with Crippen LogP contribution in [0.4, 0.5) is 10.2 Å². The van der Waals surface area contributed by atoms with Crippen molar-refractivity contribution < 1.29 is 13.7 Å². The third-order valence-electron chi connectivity index (χ3n) is 6.98. The molecule has 2 aromatic heterocycles. The van der Waals surface area contributed by atoms with Crippen LogP contribution in [0.2, 0.25) is 0 Å². The molecule has 0 spiro atoms. The molecule has 178 valence electrons. The molecule has 2 fully saturated rings. The van der Waals surface area contributed by atoms with Gasteiger partial charge in [-0.15, -0.1) is 0 Å². The fourth-order valence-electron chi connectivity index (χ4n) is 5.03. The van der Waals surface area contributed by atoms with Gasteiger partial charge in [-0.2, -0.15) is 4.98 Å². The van der Waals surface area contributed by atoms with Crippen molar-refractivity contribution in [1.29, 1.82) is 0 Å². The van der Waals surface area contributed by atoms with E-state index in [0.29, 0.717) is 23.2 Å². The number of hydrogen-bond acceptors (Lipinski definition) is 6. The molecule has 1 N–H and O–H groups in total. The van der Waals surface area contributed by atoms with Gasteiger partial charge in [-0.25, -0.2) is 9.37 Å². The minimum absolute atomic E-state index is 0.0370. The lowest BCUT2D eigenvalue weighted by atomic mass is 9.89. The second-order valence-corrected chi connectivity index (χ2v) is 9.32. The van der Waals surface area contributed by atoms with Gasteiger partial charge in [-0.3, -0.25) is 4.79 Å². The number of amides is 1. The number of benzene rings is 1. The Bertz CT molecular complexity index is 1120. The topological polar surface area (TPSA) is 84.2 Å². The average molecular weight is 464 g/mol. The summed E-state index contributed by atoms with van der Waals surface area (Å²) in [6.45, 7) is 2.28. The van der Waals surface area contributed by atoms with Gasteiger partial charge < -0.3 is 14.7 Å². The highest BCUT2D eigenvalue weighted by Gasteiger charge is 2.28. The van der Waals surface area contributed by atoms with Crippen LogP contribution in [-0.4, -0.2) is 40.7 Å². The molecule has 3 heterocycles. The van der Waals surface area contributed by atoms with Gasteiger partial charge >= 0.3 is 0 Å². The zero-order valence-electron chi connectivity index (χ0n) is 19.3. The van der Waals surface area contributed by atoms with Gasteiger partial charge in [0, 0.05) is 37.3 Å². The number of pyridine rings is 1. The molecule has 7 nitrogen and oxygen atoms in total. The number of hydrogen-bond donors (Lipinski definition) is 1. The van der Waals surface area contributed by atoms with Gasteiger partial charge in [0.05, 0.1) is 5.56 Å². The molecule has 1 amide bonds. The Morgan fingerprint density at radius 2 is 1.91 bits per heavy atom. The molecule has 1 aliphatic heterocycles. The molecule has 5 rings (SSSR count). The normalized spacial score (nSPS) is 17.6. The number of carbonyl (C=O) groups excluding carboxylic acids is 1. The van der Waals surface area contributed by atoms with Gasteiger partial charge in [0.1, 0.15) is 11.6 Å². The molecule has 0 unspecified atom stereocenters. The molecule has 2 aliphatic rings. The highest BCUT2D eigenvalue weighted by atomic mass is 19.1. The van der Waals surface area contributed by atoms with Gasteiger partial charge in [-0.1, -0.05) is 36.6 Å². The number of aromatic nitrogens is 3. The molecular weight excluding hydrogens is 433 g/mol. The van der Waals surface area contributed by atoms with Crippen LogP contribution in [0, 0.1) is 17.7 Å². The van der Waals surface area contributed by atoms with E-state index in [1.54, 1.807) is 18.3 Å². The molecule has 0 bridgehead atoms. The Morgan fingerprint density at radius 1 is 1.09 bits per heavy atom. The number of piperidine rings is 1. The van der Waals surface area contributed by atoms with E-state index in [4.69, 9.17) is 4.52 Å². The van der Waals surface area contributed by atoms with Gasteiger partial charge in [0.25, 0.3) is 5.89 Å². The van der Waals surface area contributed by atoms with Crippen LogP contribution in [-0.2, 0) is 4.79 Å². The van der Waals surface area contributed by atoms with E-state index in [1.165, 1.54) is 44.2 Å². The van der Waals surface area contributed by atoms with E-state index in [2.05, 4.69) is 25.3 Å². The maximum absolute atomic E-state index is 13.6. The van der Waals surface area contributed by atoms with E-state index >= 15 is 0 Å². The Hall–Kier alpha value is -3.29. The molecule has 0 radical (unpaired) electrons. The van der Waals surface area contributed by atoms with Crippen molar-refractivity contribution in [3.05, 3.63) is 48.4 Å². The third kappa shape index (κ3) is 5.11. The Labute approximate surface area is 198 Å². The lowest BCUT2D eigenvalue weighted by Crippen LogP contribution is -2.42. The maximum atomic E-state index is 13.6. The van der Waals surface area contributed by atoms with E-state index in [0.717, 1.165) is 43.9 Å². The summed E-state index contributed by atoms with van der Waals surface area (Å²) in [7, 11) is 0. The first-order valence-corrected chi connectivity index (χ1v) is 12.2. The first kappa shape index (κ1) is 22.5. The third-order valence-corrected chi connectivity index (χ3v) is 6.98. The van der Waals surface area contributed by atoms with Crippen LogP contribution < -0.4 is 10.2 Å². The van der Waals surface area contributed by atoms with Crippen molar-refractivity contribution in [2.45, 2.75) is 44.9 Å². The van der Waals surface area contributed by atoms with Crippen LogP contribution in [0.15, 0.2) is 47.1 Å². The number of halogens is 1.